The van der Waals surface area contributed by atoms with E-state index in [1.54, 1.807) is 24.4 Å². The molecule has 1 saturated heterocycles. The molecular formula is C33H24N4O5. The van der Waals surface area contributed by atoms with Gasteiger partial charge in [-0.1, -0.05) is 66.2 Å². The third-order valence-electron chi connectivity index (χ3n) is 8.72. The molecule has 4 aromatic rings. The van der Waals surface area contributed by atoms with Gasteiger partial charge in [-0.05, 0) is 53.4 Å². The molecule has 2 atom stereocenters. The summed E-state index contributed by atoms with van der Waals surface area (Å²) in [5, 5.41) is 15.7. The summed E-state index contributed by atoms with van der Waals surface area (Å²) < 4.78 is 0. The minimum Gasteiger partial charge on any atom is -0.274 e. The van der Waals surface area contributed by atoms with Crippen molar-refractivity contribution in [1.29, 1.82) is 0 Å². The van der Waals surface area contributed by atoms with Gasteiger partial charge in [0.05, 0.1) is 27.9 Å². The number of aryl methyl sites for hydroxylation is 1. The number of nitrogens with zero attached hydrogens (tertiary/aromatic N) is 3. The topological polar surface area (TPSA) is 122 Å². The van der Waals surface area contributed by atoms with Gasteiger partial charge in [-0.25, -0.2) is 10.3 Å². The molecule has 4 aromatic carbocycles. The zero-order valence-electron chi connectivity index (χ0n) is 22.4. The van der Waals surface area contributed by atoms with E-state index in [9.17, 15) is 24.5 Å². The number of hydrazone groups is 1. The van der Waals surface area contributed by atoms with E-state index < -0.39 is 34.0 Å². The van der Waals surface area contributed by atoms with Crippen LogP contribution in [-0.4, -0.2) is 28.9 Å². The van der Waals surface area contributed by atoms with Crippen molar-refractivity contribution in [3.05, 3.63) is 141 Å². The molecule has 1 heterocycles. The lowest BCUT2D eigenvalue weighted by Gasteiger charge is -2.52. The number of nitrogens with one attached hydrogen (secondary N) is 1. The van der Waals surface area contributed by atoms with E-state index in [0.717, 1.165) is 32.7 Å². The minimum atomic E-state index is -1.14. The molecule has 1 N–H and O–H groups in total. The van der Waals surface area contributed by atoms with E-state index >= 15 is 0 Å². The highest BCUT2D eigenvalue weighted by Gasteiger charge is 2.68. The van der Waals surface area contributed by atoms with E-state index in [1.165, 1.54) is 24.3 Å². The number of hydrogen-bond donors (Lipinski definition) is 1. The van der Waals surface area contributed by atoms with Gasteiger partial charge in [0.25, 0.3) is 11.6 Å². The Morgan fingerprint density at radius 3 is 2.17 bits per heavy atom. The Hall–Kier alpha value is -5.44. The first-order valence-electron chi connectivity index (χ1n) is 13.5. The van der Waals surface area contributed by atoms with Gasteiger partial charge in [-0.3, -0.25) is 24.5 Å². The van der Waals surface area contributed by atoms with Crippen LogP contribution in [0.15, 0.2) is 102 Å². The number of carbonyl (C=O) groups is 3. The van der Waals surface area contributed by atoms with Gasteiger partial charge >= 0.3 is 0 Å². The SMILES string of the molecule is Cc1cccc(C(=O)N/N=C/C23c4ccccc4C(c4ccccc42)[C@H]2C(=O)N(c4ccc([N+](=O)[O-])cc4)C(=O)[C@@H]23)c1. The van der Waals surface area contributed by atoms with Gasteiger partial charge in [0.15, 0.2) is 0 Å². The van der Waals surface area contributed by atoms with Crippen molar-refractivity contribution in [3.63, 3.8) is 0 Å². The number of benzene rings is 4. The maximum Gasteiger partial charge on any atom is 0.271 e. The molecule has 1 aliphatic heterocycles. The molecule has 9 heteroatoms. The number of carbonyl (C=O) groups excluding carboxylic acids is 3. The number of anilines is 1. The van der Waals surface area contributed by atoms with Crippen LogP contribution in [0.4, 0.5) is 11.4 Å². The van der Waals surface area contributed by atoms with Crippen molar-refractivity contribution in [2.24, 2.45) is 16.9 Å². The van der Waals surface area contributed by atoms with Crippen molar-refractivity contribution in [1.82, 2.24) is 5.43 Å². The first-order valence-corrected chi connectivity index (χ1v) is 13.5. The quantitative estimate of drug-likeness (QED) is 0.163. The Balaban J connectivity index is 1.38. The summed E-state index contributed by atoms with van der Waals surface area (Å²) in [6, 6.07) is 28.1. The number of rotatable bonds is 5. The molecule has 0 spiro atoms. The van der Waals surface area contributed by atoms with Crippen molar-refractivity contribution >= 4 is 35.3 Å². The van der Waals surface area contributed by atoms with Crippen molar-refractivity contribution < 1.29 is 19.3 Å². The number of nitro benzene ring substituents is 1. The first-order chi connectivity index (χ1) is 20.3. The molecular weight excluding hydrogens is 532 g/mol. The molecule has 0 radical (unpaired) electrons. The third-order valence-corrected chi connectivity index (χ3v) is 8.72. The normalized spacial score (nSPS) is 23.5. The molecule has 0 saturated carbocycles. The average Bonchev–Trinajstić information content (AvgIpc) is 3.27. The van der Waals surface area contributed by atoms with Crippen LogP contribution >= 0.6 is 0 Å². The second-order valence-corrected chi connectivity index (χ2v) is 10.9. The second kappa shape index (κ2) is 9.31. The molecule has 0 unspecified atom stereocenters. The van der Waals surface area contributed by atoms with Crippen LogP contribution in [0.2, 0.25) is 0 Å². The smallest absolute Gasteiger partial charge is 0.271 e. The van der Waals surface area contributed by atoms with Gasteiger partial charge in [0.1, 0.15) is 0 Å². The van der Waals surface area contributed by atoms with Crippen LogP contribution in [0.1, 0.15) is 44.1 Å². The lowest BCUT2D eigenvalue weighted by atomic mass is 9.47. The number of hydrogen-bond acceptors (Lipinski definition) is 6. The van der Waals surface area contributed by atoms with Gasteiger partial charge in [0, 0.05) is 29.8 Å². The van der Waals surface area contributed by atoms with Crippen molar-refractivity contribution in [2.75, 3.05) is 4.90 Å². The Morgan fingerprint density at radius 2 is 1.55 bits per heavy atom. The van der Waals surface area contributed by atoms with Crippen LogP contribution < -0.4 is 10.3 Å². The van der Waals surface area contributed by atoms with Crippen LogP contribution in [-0.2, 0) is 15.0 Å². The summed E-state index contributed by atoms with van der Waals surface area (Å²) in [4.78, 5) is 53.4. The molecule has 9 nitrogen and oxygen atoms in total. The lowest BCUT2D eigenvalue weighted by molar-refractivity contribution is -0.384. The second-order valence-electron chi connectivity index (χ2n) is 10.9. The lowest BCUT2D eigenvalue weighted by Crippen LogP contribution is -2.54. The van der Waals surface area contributed by atoms with Crippen LogP contribution in [0.5, 0.6) is 0 Å². The Morgan fingerprint density at radius 1 is 0.905 bits per heavy atom. The molecule has 3 amide bonds. The zero-order chi connectivity index (χ0) is 29.2. The highest BCUT2D eigenvalue weighted by atomic mass is 16.6. The van der Waals surface area contributed by atoms with Gasteiger partial charge in [0.2, 0.25) is 11.8 Å². The molecule has 4 aliphatic rings. The molecule has 8 rings (SSSR count). The van der Waals surface area contributed by atoms with Gasteiger partial charge < -0.3 is 0 Å². The van der Waals surface area contributed by atoms with E-state index in [0.29, 0.717) is 5.56 Å². The number of nitro groups is 1. The third kappa shape index (κ3) is 3.49. The van der Waals surface area contributed by atoms with Crippen LogP contribution in [0.3, 0.4) is 0 Å². The highest BCUT2D eigenvalue weighted by molar-refractivity contribution is 6.25. The molecule has 42 heavy (non-hydrogen) atoms. The van der Waals surface area contributed by atoms with E-state index in [-0.39, 0.29) is 23.2 Å². The number of imide groups is 1. The Bertz CT molecular complexity index is 1800. The first kappa shape index (κ1) is 25.5. The molecule has 3 aliphatic carbocycles. The largest absolute Gasteiger partial charge is 0.274 e. The summed E-state index contributed by atoms with van der Waals surface area (Å²) in [5.74, 6) is -3.10. The summed E-state index contributed by atoms with van der Waals surface area (Å²) in [5.41, 5.74) is 6.59. The van der Waals surface area contributed by atoms with E-state index in [4.69, 9.17) is 0 Å². The summed E-state index contributed by atoms with van der Waals surface area (Å²) in [7, 11) is 0. The van der Waals surface area contributed by atoms with Crippen LogP contribution in [0.25, 0.3) is 0 Å². The predicted octanol–water partition coefficient (Wildman–Crippen LogP) is 4.87. The van der Waals surface area contributed by atoms with E-state index in [1.807, 2.05) is 61.5 Å². The summed E-state index contributed by atoms with van der Waals surface area (Å²) in [6.45, 7) is 1.90. The fraction of sp³-hybridized carbons (Fsp3) is 0.152. The molecule has 1 fully saturated rings. The zero-order valence-corrected chi connectivity index (χ0v) is 22.4. The number of non-ortho nitro benzene ring substituents is 1. The molecule has 2 bridgehead atoms. The summed E-state index contributed by atoms with van der Waals surface area (Å²) in [6.07, 6.45) is 1.61. The van der Waals surface area contributed by atoms with Gasteiger partial charge in [-0.2, -0.15) is 5.10 Å². The van der Waals surface area contributed by atoms with Crippen molar-refractivity contribution in [3.8, 4) is 0 Å². The highest BCUT2D eigenvalue weighted by Crippen LogP contribution is 2.63. The molecule has 0 aromatic heterocycles. The van der Waals surface area contributed by atoms with E-state index in [2.05, 4.69) is 10.5 Å². The monoisotopic (exact) mass is 556 g/mol. The maximum absolute atomic E-state index is 14.4. The standard InChI is InChI=1S/C33H24N4O5/c1-19-7-6-8-20(17-19)30(38)35-34-18-33-25-11-4-2-9-23(25)27(24-10-3-5-12-26(24)33)28-29(33)32(40)36(31(28)39)21-13-15-22(16-14-21)37(41)42/h2-18,27-29H,1H3,(H,35,38)/b34-18+/t27?,28-,29-,33?/m1/s1. The van der Waals surface area contributed by atoms with Gasteiger partial charge in [-0.15, -0.1) is 0 Å². The molecule has 206 valence electrons. The maximum atomic E-state index is 14.4. The fourth-order valence-electron chi connectivity index (χ4n) is 7.07. The van der Waals surface area contributed by atoms with Crippen LogP contribution in [0, 0.1) is 28.9 Å². The number of amides is 3. The average molecular weight is 557 g/mol. The van der Waals surface area contributed by atoms with Crippen molar-refractivity contribution in [2.45, 2.75) is 18.3 Å². The fourth-order valence-corrected chi connectivity index (χ4v) is 7.07. The predicted molar refractivity (Wildman–Crippen MR) is 155 cm³/mol. The summed E-state index contributed by atoms with van der Waals surface area (Å²) >= 11 is 0. The minimum absolute atomic E-state index is 0.136. The Kier molecular flexibility index (Phi) is 5.65. The Labute approximate surface area is 240 Å².